The molecule has 0 amide bonds. The SMILES string of the molecule is C=C/C(=N/Nc1ccccc1)C(C)=N. The van der Waals surface area contributed by atoms with Gasteiger partial charge in [-0.3, -0.25) is 5.43 Å². The molecule has 0 spiro atoms. The molecule has 0 unspecified atom stereocenters. The lowest BCUT2D eigenvalue weighted by atomic mass is 10.2. The highest BCUT2D eigenvalue weighted by molar-refractivity contribution is 6.44. The Labute approximate surface area is 83.7 Å². The van der Waals surface area contributed by atoms with Crippen LogP contribution in [0.1, 0.15) is 6.92 Å². The third-order valence-electron chi connectivity index (χ3n) is 1.66. The van der Waals surface area contributed by atoms with Gasteiger partial charge in [0, 0.05) is 0 Å². The van der Waals surface area contributed by atoms with Crippen LogP contribution in [0.5, 0.6) is 0 Å². The second kappa shape index (κ2) is 4.97. The standard InChI is InChI=1S/C11H13N3/c1-3-11(9(2)12)14-13-10-7-5-4-6-8-10/h3-8,12-13H,1H2,2H3/b12-9?,14-11-. The molecule has 0 radical (unpaired) electrons. The maximum absolute atomic E-state index is 7.38. The van der Waals surface area contributed by atoms with E-state index in [4.69, 9.17) is 5.41 Å². The van der Waals surface area contributed by atoms with Crippen LogP contribution < -0.4 is 5.43 Å². The third-order valence-corrected chi connectivity index (χ3v) is 1.66. The number of hydrazone groups is 1. The molecule has 1 rings (SSSR count). The average molecular weight is 187 g/mol. The van der Waals surface area contributed by atoms with Gasteiger partial charge in [-0.15, -0.1) is 0 Å². The van der Waals surface area contributed by atoms with Crippen LogP contribution in [-0.2, 0) is 0 Å². The second-order valence-electron chi connectivity index (χ2n) is 2.80. The van der Waals surface area contributed by atoms with E-state index in [2.05, 4.69) is 17.1 Å². The Morgan fingerprint density at radius 1 is 1.43 bits per heavy atom. The third kappa shape index (κ3) is 2.86. The summed E-state index contributed by atoms with van der Waals surface area (Å²) in [6, 6.07) is 9.59. The first kappa shape index (κ1) is 10.2. The van der Waals surface area contributed by atoms with Gasteiger partial charge in [0.2, 0.25) is 0 Å². The van der Waals surface area contributed by atoms with Gasteiger partial charge in [0.15, 0.2) is 0 Å². The summed E-state index contributed by atoms with van der Waals surface area (Å²) in [6.07, 6.45) is 1.55. The quantitative estimate of drug-likeness (QED) is 0.552. The molecule has 0 aliphatic heterocycles. The van der Waals surface area contributed by atoms with Gasteiger partial charge in [0.1, 0.15) is 5.71 Å². The van der Waals surface area contributed by atoms with Crippen molar-refractivity contribution >= 4 is 17.1 Å². The van der Waals surface area contributed by atoms with Crippen molar-refractivity contribution in [3.8, 4) is 0 Å². The van der Waals surface area contributed by atoms with Crippen molar-refractivity contribution in [2.75, 3.05) is 5.43 Å². The molecule has 0 aliphatic rings. The summed E-state index contributed by atoms with van der Waals surface area (Å²) in [5, 5.41) is 11.4. The molecule has 0 saturated carbocycles. The molecule has 0 bridgehead atoms. The second-order valence-corrected chi connectivity index (χ2v) is 2.80. The molecule has 72 valence electrons. The summed E-state index contributed by atoms with van der Waals surface area (Å²) in [5.41, 5.74) is 4.69. The van der Waals surface area contributed by atoms with Crippen molar-refractivity contribution in [3.63, 3.8) is 0 Å². The molecule has 3 heteroatoms. The van der Waals surface area contributed by atoms with E-state index in [0.717, 1.165) is 5.69 Å². The van der Waals surface area contributed by atoms with Crippen molar-refractivity contribution in [1.82, 2.24) is 0 Å². The zero-order chi connectivity index (χ0) is 10.4. The van der Waals surface area contributed by atoms with Crippen molar-refractivity contribution in [1.29, 1.82) is 5.41 Å². The fraction of sp³-hybridized carbons (Fsp3) is 0.0909. The Bertz CT molecular complexity index is 352. The smallest absolute Gasteiger partial charge is 0.103 e. The van der Waals surface area contributed by atoms with Crippen LogP contribution in [0, 0.1) is 5.41 Å². The van der Waals surface area contributed by atoms with Crippen molar-refractivity contribution < 1.29 is 0 Å². The maximum Gasteiger partial charge on any atom is 0.103 e. The van der Waals surface area contributed by atoms with E-state index < -0.39 is 0 Å². The normalized spacial score (nSPS) is 10.8. The predicted octanol–water partition coefficient (Wildman–Crippen LogP) is 2.68. The summed E-state index contributed by atoms with van der Waals surface area (Å²) < 4.78 is 0. The molecule has 1 aromatic rings. The number of hydrogen-bond acceptors (Lipinski definition) is 3. The van der Waals surface area contributed by atoms with Crippen LogP contribution in [0.4, 0.5) is 5.69 Å². The van der Waals surface area contributed by atoms with E-state index in [0.29, 0.717) is 11.4 Å². The fourth-order valence-corrected chi connectivity index (χ4v) is 0.920. The number of anilines is 1. The molecule has 2 N–H and O–H groups in total. The zero-order valence-corrected chi connectivity index (χ0v) is 8.12. The van der Waals surface area contributed by atoms with Gasteiger partial charge in [-0.05, 0) is 25.1 Å². The van der Waals surface area contributed by atoms with E-state index >= 15 is 0 Å². The summed E-state index contributed by atoms with van der Waals surface area (Å²) in [4.78, 5) is 0. The van der Waals surface area contributed by atoms with Gasteiger partial charge < -0.3 is 5.41 Å². The van der Waals surface area contributed by atoms with Gasteiger partial charge in [0.25, 0.3) is 0 Å². The largest absolute Gasteiger partial charge is 0.303 e. The minimum atomic E-state index is 0.392. The summed E-state index contributed by atoms with van der Waals surface area (Å²) in [7, 11) is 0. The first-order valence-electron chi connectivity index (χ1n) is 4.30. The van der Waals surface area contributed by atoms with Crippen molar-refractivity contribution in [3.05, 3.63) is 43.0 Å². The number of rotatable bonds is 4. The van der Waals surface area contributed by atoms with E-state index in [1.54, 1.807) is 13.0 Å². The molecule has 0 aliphatic carbocycles. The van der Waals surface area contributed by atoms with Crippen LogP contribution in [-0.4, -0.2) is 11.4 Å². The summed E-state index contributed by atoms with van der Waals surface area (Å²) in [5.74, 6) is 0. The topological polar surface area (TPSA) is 48.2 Å². The van der Waals surface area contributed by atoms with E-state index in [1.165, 1.54) is 0 Å². The Morgan fingerprint density at radius 3 is 2.57 bits per heavy atom. The van der Waals surface area contributed by atoms with Crippen molar-refractivity contribution in [2.24, 2.45) is 5.10 Å². The minimum absolute atomic E-state index is 0.392. The molecule has 0 atom stereocenters. The van der Waals surface area contributed by atoms with Gasteiger partial charge in [-0.25, -0.2) is 0 Å². The highest BCUT2D eigenvalue weighted by Gasteiger charge is 1.95. The average Bonchev–Trinajstić information content (AvgIpc) is 2.20. The number of allylic oxidation sites excluding steroid dienone is 1. The van der Waals surface area contributed by atoms with E-state index in [1.807, 2.05) is 30.3 Å². The lowest BCUT2D eigenvalue weighted by molar-refractivity contribution is 1.34. The maximum atomic E-state index is 7.38. The van der Waals surface area contributed by atoms with Crippen LogP contribution in [0.25, 0.3) is 0 Å². The molecule has 0 aromatic heterocycles. The molecule has 14 heavy (non-hydrogen) atoms. The number of benzene rings is 1. The van der Waals surface area contributed by atoms with E-state index in [-0.39, 0.29) is 0 Å². The Kier molecular flexibility index (Phi) is 3.61. The molecule has 1 aromatic carbocycles. The Morgan fingerprint density at radius 2 is 2.07 bits per heavy atom. The van der Waals surface area contributed by atoms with Crippen molar-refractivity contribution in [2.45, 2.75) is 6.92 Å². The van der Waals surface area contributed by atoms with Crippen LogP contribution in [0.3, 0.4) is 0 Å². The lowest BCUT2D eigenvalue weighted by Crippen LogP contribution is -2.07. The fourth-order valence-electron chi connectivity index (χ4n) is 0.920. The number of para-hydroxylation sites is 1. The van der Waals surface area contributed by atoms with Gasteiger partial charge >= 0.3 is 0 Å². The van der Waals surface area contributed by atoms with Gasteiger partial charge in [-0.1, -0.05) is 24.8 Å². The van der Waals surface area contributed by atoms with Crippen LogP contribution >= 0.6 is 0 Å². The number of hydrogen-bond donors (Lipinski definition) is 2. The molecular weight excluding hydrogens is 174 g/mol. The predicted molar refractivity (Wildman–Crippen MR) is 61.1 cm³/mol. The number of nitrogens with one attached hydrogen (secondary N) is 2. The monoisotopic (exact) mass is 187 g/mol. The van der Waals surface area contributed by atoms with Gasteiger partial charge in [-0.2, -0.15) is 5.10 Å². The van der Waals surface area contributed by atoms with Crippen LogP contribution in [0.15, 0.2) is 48.1 Å². The lowest BCUT2D eigenvalue weighted by Gasteiger charge is -2.01. The first-order chi connectivity index (χ1) is 6.74. The Hall–Kier alpha value is -1.90. The first-order valence-corrected chi connectivity index (χ1v) is 4.30. The molecule has 3 nitrogen and oxygen atoms in total. The molecule has 0 heterocycles. The van der Waals surface area contributed by atoms with Gasteiger partial charge in [0.05, 0.1) is 11.4 Å². The molecule has 0 saturated heterocycles. The summed E-state index contributed by atoms with van der Waals surface area (Å²) >= 11 is 0. The minimum Gasteiger partial charge on any atom is -0.303 e. The van der Waals surface area contributed by atoms with Crippen LogP contribution in [0.2, 0.25) is 0 Å². The van der Waals surface area contributed by atoms with E-state index in [9.17, 15) is 0 Å². The molecule has 0 fully saturated rings. The zero-order valence-electron chi connectivity index (χ0n) is 8.12. The Balaban J connectivity index is 2.71. The molecular formula is C11H13N3. The highest BCUT2D eigenvalue weighted by Crippen LogP contribution is 2.04. The summed E-state index contributed by atoms with van der Waals surface area (Å²) in [6.45, 7) is 5.26. The highest BCUT2D eigenvalue weighted by atomic mass is 15.3. The number of nitrogens with zero attached hydrogens (tertiary/aromatic N) is 1.